The normalized spacial score (nSPS) is 11.3. The summed E-state index contributed by atoms with van der Waals surface area (Å²) in [6.45, 7) is 2.86. The molecule has 0 aliphatic rings. The molecule has 0 unspecified atom stereocenters. The number of nitrogens with one attached hydrogen (secondary N) is 2. The van der Waals surface area contributed by atoms with E-state index >= 15 is 0 Å². The third-order valence-corrected chi connectivity index (χ3v) is 5.87. The number of aromatic amines is 1. The van der Waals surface area contributed by atoms with Gasteiger partial charge in [-0.15, -0.1) is 0 Å². The molecule has 2 heterocycles. The molecule has 0 spiro atoms. The summed E-state index contributed by atoms with van der Waals surface area (Å²) in [4.78, 5) is 3.23. The average Bonchev–Trinajstić information content (AvgIpc) is 3.17. The van der Waals surface area contributed by atoms with Crippen LogP contribution in [-0.4, -0.2) is 21.5 Å². The van der Waals surface area contributed by atoms with Crippen LogP contribution in [0.2, 0.25) is 0 Å². The Morgan fingerprint density at radius 1 is 1.08 bits per heavy atom. The van der Waals surface area contributed by atoms with E-state index in [1.165, 1.54) is 10.5 Å². The van der Waals surface area contributed by atoms with Crippen molar-refractivity contribution in [3.05, 3.63) is 72.8 Å². The van der Waals surface area contributed by atoms with E-state index in [-0.39, 0.29) is 4.90 Å². The average molecular weight is 372 g/mol. The highest BCUT2D eigenvalue weighted by molar-refractivity contribution is 7.92. The number of para-hydroxylation sites is 1. The number of nitrogens with zero attached hydrogens (tertiary/aromatic N) is 1. The Kier molecular flexibility index (Phi) is 5.58. The highest BCUT2D eigenvalue weighted by Crippen LogP contribution is 2.22. The second-order valence-electron chi connectivity index (χ2n) is 5.70. The van der Waals surface area contributed by atoms with E-state index in [2.05, 4.69) is 10.3 Å². The molecule has 3 rings (SSSR count). The molecule has 7 heteroatoms. The van der Waals surface area contributed by atoms with Crippen molar-refractivity contribution < 1.29 is 17.8 Å². The summed E-state index contributed by atoms with van der Waals surface area (Å²) in [6, 6.07) is 16.2. The predicted molar refractivity (Wildman–Crippen MR) is 101 cm³/mol. The lowest BCUT2D eigenvalue weighted by Crippen LogP contribution is -2.31. The van der Waals surface area contributed by atoms with Crippen LogP contribution in [0, 0.1) is 0 Å². The van der Waals surface area contributed by atoms with Crippen molar-refractivity contribution in [1.29, 1.82) is 0 Å². The third-order valence-electron chi connectivity index (χ3n) is 3.97. The highest BCUT2D eigenvalue weighted by Gasteiger charge is 2.24. The van der Waals surface area contributed by atoms with Crippen molar-refractivity contribution in [1.82, 2.24) is 0 Å². The maximum atomic E-state index is 12.9. The molecule has 0 aliphatic carbocycles. The van der Waals surface area contributed by atoms with Crippen molar-refractivity contribution >= 4 is 21.5 Å². The Morgan fingerprint density at radius 3 is 2.50 bits per heavy atom. The summed E-state index contributed by atoms with van der Waals surface area (Å²) in [5.74, 6) is 1.65. The summed E-state index contributed by atoms with van der Waals surface area (Å²) in [6.07, 6.45) is 3.90. The minimum Gasteiger partial charge on any atom is -0.469 e. The fourth-order valence-electron chi connectivity index (χ4n) is 2.67. The first-order chi connectivity index (χ1) is 12.6. The minimum atomic E-state index is -3.62. The molecule has 0 fully saturated rings. The summed E-state index contributed by atoms with van der Waals surface area (Å²) in [7, 11) is -3.62. The first kappa shape index (κ1) is 18.0. The van der Waals surface area contributed by atoms with Crippen molar-refractivity contribution in [2.45, 2.75) is 18.2 Å². The number of H-pyrrole nitrogens is 1. The largest absolute Gasteiger partial charge is 0.469 e. The monoisotopic (exact) mass is 372 g/mol. The van der Waals surface area contributed by atoms with Gasteiger partial charge < -0.3 is 4.42 Å². The van der Waals surface area contributed by atoms with Gasteiger partial charge in [-0.1, -0.05) is 18.2 Å². The quantitative estimate of drug-likeness (QED) is 0.659. The molecule has 1 aromatic carbocycles. The van der Waals surface area contributed by atoms with E-state index in [0.29, 0.717) is 18.8 Å². The number of anilines is 2. The molecule has 136 valence electrons. The van der Waals surface area contributed by atoms with Gasteiger partial charge in [0, 0.05) is 19.0 Å². The van der Waals surface area contributed by atoms with Gasteiger partial charge in [0.25, 0.3) is 15.8 Å². The van der Waals surface area contributed by atoms with E-state index in [0.717, 1.165) is 18.0 Å². The number of furan rings is 1. The number of benzene rings is 1. The van der Waals surface area contributed by atoms with Gasteiger partial charge in [0.2, 0.25) is 0 Å². The number of hydrogen-bond acceptors (Lipinski definition) is 4. The van der Waals surface area contributed by atoms with E-state index in [4.69, 9.17) is 4.42 Å². The molecule has 26 heavy (non-hydrogen) atoms. The summed E-state index contributed by atoms with van der Waals surface area (Å²) in [5.41, 5.74) is 0.649. The molecular formula is C19H22N3O3S+. The molecule has 2 aromatic heterocycles. The second kappa shape index (κ2) is 8.05. The Hall–Kier alpha value is -2.80. The van der Waals surface area contributed by atoms with Crippen LogP contribution in [0.15, 0.2) is 76.4 Å². The number of rotatable bonds is 8. The fourth-order valence-corrected chi connectivity index (χ4v) is 4.11. The molecule has 0 saturated heterocycles. The molecule has 0 bridgehead atoms. The zero-order valence-electron chi connectivity index (χ0n) is 14.6. The maximum absolute atomic E-state index is 12.9. The topological polar surface area (TPSA) is 76.7 Å². The molecule has 0 aliphatic heterocycles. The van der Waals surface area contributed by atoms with Crippen molar-refractivity contribution in [2.24, 2.45) is 0 Å². The lowest BCUT2D eigenvalue weighted by molar-refractivity contribution is -0.364. The van der Waals surface area contributed by atoms with Crippen LogP contribution in [0.3, 0.4) is 0 Å². The van der Waals surface area contributed by atoms with Gasteiger partial charge in [-0.05, 0) is 37.3 Å². The number of hydrogen-bond donors (Lipinski definition) is 1. The molecule has 0 atom stereocenters. The summed E-state index contributed by atoms with van der Waals surface area (Å²) < 4.78 is 32.5. The van der Waals surface area contributed by atoms with Gasteiger partial charge in [0.15, 0.2) is 0 Å². The van der Waals surface area contributed by atoms with Crippen LogP contribution < -0.4 is 14.6 Å². The first-order valence-corrected chi connectivity index (χ1v) is 9.91. The predicted octanol–water partition coefficient (Wildman–Crippen LogP) is 2.96. The Labute approximate surface area is 153 Å². The van der Waals surface area contributed by atoms with Crippen molar-refractivity contribution in [2.75, 3.05) is 22.7 Å². The fraction of sp³-hybridized carbons (Fsp3) is 0.211. The van der Waals surface area contributed by atoms with Crippen molar-refractivity contribution in [3.63, 3.8) is 0 Å². The Bertz CT molecular complexity index is 908. The number of aromatic nitrogens is 1. The zero-order chi connectivity index (χ0) is 18.4. The van der Waals surface area contributed by atoms with Crippen LogP contribution in [0.25, 0.3) is 0 Å². The van der Waals surface area contributed by atoms with Crippen LogP contribution in [0.5, 0.6) is 0 Å². The maximum Gasteiger partial charge on any atom is 0.272 e. The first-order valence-electron chi connectivity index (χ1n) is 8.47. The number of sulfonamides is 1. The van der Waals surface area contributed by atoms with Gasteiger partial charge in [-0.25, -0.2) is 13.4 Å². The minimum absolute atomic E-state index is 0.222. The number of pyridine rings is 1. The van der Waals surface area contributed by atoms with Crippen LogP contribution >= 0.6 is 0 Å². The molecule has 0 radical (unpaired) electrons. The third kappa shape index (κ3) is 4.05. The van der Waals surface area contributed by atoms with Crippen LogP contribution in [0.4, 0.5) is 11.5 Å². The molecular weight excluding hydrogens is 350 g/mol. The SMILES string of the molecule is CCN(c1ccccc1)S(=O)(=O)c1ccc(NCCc2ccco2)[nH+]c1. The zero-order valence-corrected chi connectivity index (χ0v) is 15.4. The standard InChI is InChI=1S/C19H21N3O3S/c1-2-22(16-7-4-3-5-8-16)26(23,24)18-10-11-19(21-15-18)20-13-12-17-9-6-14-25-17/h3-11,14-15H,2,12-13H2,1H3,(H,20,21)/p+1. The van der Waals surface area contributed by atoms with Gasteiger partial charge in [0.05, 0.1) is 18.5 Å². The smallest absolute Gasteiger partial charge is 0.272 e. The lowest BCUT2D eigenvalue weighted by atomic mass is 10.3. The molecule has 3 aromatic rings. The summed E-state index contributed by atoms with van der Waals surface area (Å²) in [5, 5.41) is 3.21. The van der Waals surface area contributed by atoms with Gasteiger partial charge >= 0.3 is 0 Å². The lowest BCUT2D eigenvalue weighted by Gasteiger charge is -2.22. The van der Waals surface area contributed by atoms with Crippen LogP contribution in [0.1, 0.15) is 12.7 Å². The molecule has 2 N–H and O–H groups in total. The van der Waals surface area contributed by atoms with Gasteiger partial charge in [-0.2, -0.15) is 0 Å². The molecule has 0 saturated carbocycles. The summed E-state index contributed by atoms with van der Waals surface area (Å²) >= 11 is 0. The van der Waals surface area contributed by atoms with Crippen LogP contribution in [-0.2, 0) is 16.4 Å². The van der Waals surface area contributed by atoms with Gasteiger partial charge in [0.1, 0.15) is 16.9 Å². The molecule has 6 nitrogen and oxygen atoms in total. The second-order valence-corrected chi connectivity index (χ2v) is 7.56. The van der Waals surface area contributed by atoms with E-state index in [1.807, 2.05) is 37.3 Å². The Morgan fingerprint density at radius 2 is 1.88 bits per heavy atom. The van der Waals surface area contributed by atoms with Crippen molar-refractivity contribution in [3.8, 4) is 0 Å². The van der Waals surface area contributed by atoms with E-state index < -0.39 is 10.0 Å². The van der Waals surface area contributed by atoms with E-state index in [1.54, 1.807) is 30.5 Å². The molecule has 0 amide bonds. The Balaban J connectivity index is 1.70. The van der Waals surface area contributed by atoms with Gasteiger partial charge in [-0.3, -0.25) is 9.62 Å². The van der Waals surface area contributed by atoms with E-state index in [9.17, 15) is 8.42 Å². The highest BCUT2D eigenvalue weighted by atomic mass is 32.2.